The molecule has 0 aliphatic rings. The summed E-state index contributed by atoms with van der Waals surface area (Å²) in [7, 11) is 0. The van der Waals surface area contributed by atoms with Gasteiger partial charge in [0.2, 0.25) is 0 Å². The average Bonchev–Trinajstić information content (AvgIpc) is 2.28. The summed E-state index contributed by atoms with van der Waals surface area (Å²) in [5.41, 5.74) is 2.16. The molecule has 0 bridgehead atoms. The van der Waals surface area contributed by atoms with E-state index in [-0.39, 0.29) is 6.10 Å². The average molecular weight is 302 g/mol. The number of ether oxygens (including phenoxy) is 1. The van der Waals surface area contributed by atoms with Crippen LogP contribution in [-0.4, -0.2) is 30.5 Å². The van der Waals surface area contributed by atoms with Gasteiger partial charge in [-0.15, -0.1) is 0 Å². The molecular weight excluding hydrogens is 282 g/mol. The normalized spacial score (nSPS) is 12.8. The molecule has 1 unspecified atom stereocenters. The third-order valence-corrected chi connectivity index (χ3v) is 3.39. The molecule has 96 valence electrons. The minimum absolute atomic E-state index is 0.148. The van der Waals surface area contributed by atoms with Crippen molar-refractivity contribution in [3.63, 3.8) is 0 Å². The number of anilines is 1. The van der Waals surface area contributed by atoms with Crippen LogP contribution in [0.3, 0.4) is 0 Å². The predicted molar refractivity (Wildman–Crippen MR) is 74.5 cm³/mol. The number of halogens is 1. The summed E-state index contributed by atoms with van der Waals surface area (Å²) >= 11 is 3.52. The van der Waals surface area contributed by atoms with Crippen LogP contribution in [0, 0.1) is 6.92 Å². The molecule has 4 heteroatoms. The Balaban J connectivity index is 2.42. The van der Waals surface area contributed by atoms with E-state index in [1.54, 1.807) is 0 Å². The lowest BCUT2D eigenvalue weighted by Crippen LogP contribution is -2.26. The molecule has 1 rings (SSSR count). The van der Waals surface area contributed by atoms with Crippen molar-refractivity contribution in [1.29, 1.82) is 0 Å². The second-order valence-corrected chi connectivity index (χ2v) is 5.15. The fourth-order valence-electron chi connectivity index (χ4n) is 1.37. The lowest BCUT2D eigenvalue weighted by atomic mass is 10.2. The number of hydrogen-bond donors (Lipinski definition) is 2. The molecule has 0 heterocycles. The zero-order valence-corrected chi connectivity index (χ0v) is 12.1. The van der Waals surface area contributed by atoms with Gasteiger partial charge in [-0.25, -0.2) is 0 Å². The Labute approximate surface area is 111 Å². The molecule has 0 aliphatic carbocycles. The number of benzene rings is 1. The van der Waals surface area contributed by atoms with Gasteiger partial charge < -0.3 is 15.2 Å². The van der Waals surface area contributed by atoms with Gasteiger partial charge in [-0.2, -0.15) is 0 Å². The molecule has 17 heavy (non-hydrogen) atoms. The molecule has 0 radical (unpaired) electrons. The summed E-state index contributed by atoms with van der Waals surface area (Å²) in [5.74, 6) is 0. The molecule has 2 N–H and O–H groups in total. The quantitative estimate of drug-likeness (QED) is 0.849. The van der Waals surface area contributed by atoms with E-state index in [1.165, 1.54) is 5.56 Å². The van der Waals surface area contributed by atoms with Crippen molar-refractivity contribution in [3.8, 4) is 0 Å². The van der Waals surface area contributed by atoms with Gasteiger partial charge in [-0.1, -0.05) is 12.1 Å². The summed E-state index contributed by atoms with van der Waals surface area (Å²) in [5, 5.41) is 12.9. The van der Waals surface area contributed by atoms with Crippen molar-refractivity contribution < 1.29 is 9.84 Å². The Bertz CT molecular complexity index is 355. The van der Waals surface area contributed by atoms with Crippen LogP contribution >= 0.6 is 15.9 Å². The topological polar surface area (TPSA) is 41.5 Å². The van der Waals surface area contributed by atoms with Crippen molar-refractivity contribution in [3.05, 3.63) is 28.2 Å². The van der Waals surface area contributed by atoms with Crippen LogP contribution in [0.2, 0.25) is 0 Å². The van der Waals surface area contributed by atoms with E-state index < -0.39 is 6.10 Å². The highest BCUT2D eigenvalue weighted by molar-refractivity contribution is 9.10. The van der Waals surface area contributed by atoms with Crippen LogP contribution in [0.25, 0.3) is 0 Å². The number of nitrogens with one attached hydrogen (secondary N) is 1. The molecule has 3 nitrogen and oxygen atoms in total. The maximum Gasteiger partial charge on any atom is 0.0945 e. The summed E-state index contributed by atoms with van der Waals surface area (Å²) in [6.45, 7) is 6.78. The number of aliphatic hydroxyl groups is 1. The highest BCUT2D eigenvalue weighted by Gasteiger charge is 2.07. The van der Waals surface area contributed by atoms with Crippen molar-refractivity contribution in [1.82, 2.24) is 0 Å². The van der Waals surface area contributed by atoms with Crippen molar-refractivity contribution in [2.24, 2.45) is 0 Å². The Kier molecular flexibility index (Phi) is 5.95. The molecule has 1 atom stereocenters. The molecule has 0 amide bonds. The third-order valence-electron chi connectivity index (χ3n) is 2.34. The van der Waals surface area contributed by atoms with Crippen molar-refractivity contribution >= 4 is 21.6 Å². The van der Waals surface area contributed by atoms with E-state index >= 15 is 0 Å². The van der Waals surface area contributed by atoms with E-state index in [1.807, 2.05) is 39.0 Å². The number of rotatable bonds is 6. The lowest BCUT2D eigenvalue weighted by molar-refractivity contribution is 0.0112. The van der Waals surface area contributed by atoms with Gasteiger partial charge in [-0.3, -0.25) is 0 Å². The molecule has 0 saturated heterocycles. The second-order valence-electron chi connectivity index (χ2n) is 4.35. The van der Waals surface area contributed by atoms with Gasteiger partial charge in [0.05, 0.1) is 18.8 Å². The SMILES string of the molecule is Cc1cccc(NCC(O)COC(C)C)c1Br. The molecular formula is C13H20BrNO2. The zero-order valence-electron chi connectivity index (χ0n) is 10.5. The minimum Gasteiger partial charge on any atom is -0.389 e. The van der Waals surface area contributed by atoms with Crippen molar-refractivity contribution in [2.45, 2.75) is 33.0 Å². The summed E-state index contributed by atoms with van der Waals surface area (Å²) < 4.78 is 6.38. The highest BCUT2D eigenvalue weighted by atomic mass is 79.9. The highest BCUT2D eigenvalue weighted by Crippen LogP contribution is 2.25. The predicted octanol–water partition coefficient (Wildman–Crippen LogP) is 2.96. The first-order valence-electron chi connectivity index (χ1n) is 5.79. The minimum atomic E-state index is -0.496. The van der Waals surface area contributed by atoms with Crippen LogP contribution in [0.15, 0.2) is 22.7 Å². The number of aliphatic hydroxyl groups excluding tert-OH is 1. The first-order valence-corrected chi connectivity index (χ1v) is 6.58. The first-order chi connectivity index (χ1) is 8.00. The number of hydrogen-bond acceptors (Lipinski definition) is 3. The van der Waals surface area contributed by atoms with Gasteiger partial charge in [-0.05, 0) is 48.3 Å². The third kappa shape index (κ3) is 5.06. The van der Waals surface area contributed by atoms with Gasteiger partial charge >= 0.3 is 0 Å². The molecule has 0 aromatic heterocycles. The fraction of sp³-hybridized carbons (Fsp3) is 0.538. The molecule has 0 spiro atoms. The van der Waals surface area contributed by atoms with Crippen LogP contribution in [-0.2, 0) is 4.74 Å². The molecule has 1 aromatic rings. The van der Waals surface area contributed by atoms with E-state index in [2.05, 4.69) is 21.2 Å². The summed E-state index contributed by atoms with van der Waals surface area (Å²) in [6, 6.07) is 6.00. The Morgan fingerprint density at radius 1 is 1.41 bits per heavy atom. The zero-order chi connectivity index (χ0) is 12.8. The largest absolute Gasteiger partial charge is 0.389 e. The van der Waals surface area contributed by atoms with E-state index in [0.29, 0.717) is 13.2 Å². The molecule has 0 saturated carbocycles. The lowest BCUT2D eigenvalue weighted by Gasteiger charge is -2.16. The van der Waals surface area contributed by atoms with Gasteiger partial charge in [0.15, 0.2) is 0 Å². The Morgan fingerprint density at radius 3 is 2.76 bits per heavy atom. The maximum absolute atomic E-state index is 9.72. The van der Waals surface area contributed by atoms with E-state index in [4.69, 9.17) is 4.74 Å². The van der Waals surface area contributed by atoms with Gasteiger partial charge in [0.1, 0.15) is 0 Å². The molecule has 1 aromatic carbocycles. The van der Waals surface area contributed by atoms with Crippen molar-refractivity contribution in [2.75, 3.05) is 18.5 Å². The number of aryl methyl sites for hydroxylation is 1. The van der Waals surface area contributed by atoms with Crippen LogP contribution in [0.1, 0.15) is 19.4 Å². The molecule has 0 fully saturated rings. The standard InChI is InChI=1S/C13H20BrNO2/c1-9(2)17-8-11(16)7-15-12-6-4-5-10(3)13(12)14/h4-6,9,11,15-16H,7-8H2,1-3H3. The van der Waals surface area contributed by atoms with Crippen LogP contribution in [0.5, 0.6) is 0 Å². The fourth-order valence-corrected chi connectivity index (χ4v) is 1.78. The monoisotopic (exact) mass is 301 g/mol. The smallest absolute Gasteiger partial charge is 0.0945 e. The molecule has 0 aliphatic heterocycles. The summed E-state index contributed by atoms with van der Waals surface area (Å²) in [4.78, 5) is 0. The van der Waals surface area contributed by atoms with Gasteiger partial charge in [0, 0.05) is 16.7 Å². The Morgan fingerprint density at radius 2 is 2.12 bits per heavy atom. The van der Waals surface area contributed by atoms with Gasteiger partial charge in [0.25, 0.3) is 0 Å². The second kappa shape index (κ2) is 6.99. The Hall–Kier alpha value is -0.580. The van der Waals surface area contributed by atoms with E-state index in [0.717, 1.165) is 10.2 Å². The summed E-state index contributed by atoms with van der Waals surface area (Å²) in [6.07, 6.45) is -0.347. The van der Waals surface area contributed by atoms with Crippen LogP contribution in [0.4, 0.5) is 5.69 Å². The first kappa shape index (κ1) is 14.5. The van der Waals surface area contributed by atoms with E-state index in [9.17, 15) is 5.11 Å². The maximum atomic E-state index is 9.72. The van der Waals surface area contributed by atoms with Crippen LogP contribution < -0.4 is 5.32 Å².